The molecule has 1 aromatic heterocycles. The van der Waals surface area contributed by atoms with Crippen molar-refractivity contribution in [1.29, 1.82) is 0 Å². The summed E-state index contributed by atoms with van der Waals surface area (Å²) in [5.74, 6) is 0.283. The Bertz CT molecular complexity index is 593. The van der Waals surface area contributed by atoms with Gasteiger partial charge in [0.15, 0.2) is 11.3 Å². The molecule has 88 valence electrons. The van der Waals surface area contributed by atoms with Crippen molar-refractivity contribution in [2.24, 2.45) is 0 Å². The molecule has 2 aromatic rings. The maximum absolute atomic E-state index is 12.1. The molecule has 0 N–H and O–H groups in total. The highest BCUT2D eigenvalue weighted by Gasteiger charge is 2.16. The molecule has 2 rings (SSSR count). The predicted molar refractivity (Wildman–Crippen MR) is 69.6 cm³/mol. The van der Waals surface area contributed by atoms with Crippen molar-refractivity contribution < 1.29 is 9.21 Å². The topological polar surface area (TPSA) is 30.2 Å². The highest BCUT2D eigenvalue weighted by molar-refractivity contribution is 6.35. The zero-order valence-electron chi connectivity index (χ0n) is 9.79. The van der Waals surface area contributed by atoms with E-state index in [-0.39, 0.29) is 5.78 Å². The number of hydrogen-bond acceptors (Lipinski definition) is 2. The van der Waals surface area contributed by atoms with E-state index in [9.17, 15) is 4.79 Å². The molecule has 0 spiro atoms. The Kier molecular flexibility index (Phi) is 3.34. The Morgan fingerprint density at radius 1 is 1.47 bits per heavy atom. The Morgan fingerprint density at radius 2 is 2.24 bits per heavy atom. The number of allylic oxidation sites excluding steroid dienone is 2. The van der Waals surface area contributed by atoms with Crippen molar-refractivity contribution in [2.45, 2.75) is 20.3 Å². The summed E-state index contributed by atoms with van der Waals surface area (Å²) >= 11 is 6.00. The van der Waals surface area contributed by atoms with Gasteiger partial charge in [0.1, 0.15) is 0 Å². The summed E-state index contributed by atoms with van der Waals surface area (Å²) in [6.07, 6.45) is 2.51. The van der Waals surface area contributed by atoms with Crippen LogP contribution in [0, 0.1) is 0 Å². The first kappa shape index (κ1) is 11.9. The summed E-state index contributed by atoms with van der Waals surface area (Å²) < 4.78 is 5.52. The standard InChI is InChI=1S/C14H13ClO2/c1-3-9(4-2)13(16)12-8-10-6-5-7-11(15)14(10)17-12/h3,5-8H,4H2,1-2H3/b9-3-. The van der Waals surface area contributed by atoms with Crippen LogP contribution < -0.4 is 0 Å². The van der Waals surface area contributed by atoms with Gasteiger partial charge in [0.05, 0.1) is 5.02 Å². The normalized spacial score (nSPS) is 12.1. The quantitative estimate of drug-likeness (QED) is 0.586. The molecule has 2 nitrogen and oxygen atoms in total. The molecule has 17 heavy (non-hydrogen) atoms. The van der Waals surface area contributed by atoms with Crippen molar-refractivity contribution in [3.8, 4) is 0 Å². The van der Waals surface area contributed by atoms with Gasteiger partial charge >= 0.3 is 0 Å². The summed E-state index contributed by atoms with van der Waals surface area (Å²) in [5.41, 5.74) is 1.32. The zero-order valence-corrected chi connectivity index (χ0v) is 10.5. The highest BCUT2D eigenvalue weighted by Crippen LogP contribution is 2.27. The smallest absolute Gasteiger partial charge is 0.223 e. The highest BCUT2D eigenvalue weighted by atomic mass is 35.5. The lowest BCUT2D eigenvalue weighted by Gasteiger charge is -1.98. The lowest BCUT2D eigenvalue weighted by Crippen LogP contribution is -2.00. The van der Waals surface area contributed by atoms with Crippen molar-refractivity contribution in [2.75, 3.05) is 0 Å². The first-order valence-electron chi connectivity index (χ1n) is 5.55. The number of ketones is 1. The molecule has 0 aliphatic rings. The molecule has 0 saturated carbocycles. The molecule has 0 radical (unpaired) electrons. The summed E-state index contributed by atoms with van der Waals surface area (Å²) in [6.45, 7) is 3.80. The van der Waals surface area contributed by atoms with Crippen molar-refractivity contribution >= 4 is 28.4 Å². The number of benzene rings is 1. The fourth-order valence-electron chi connectivity index (χ4n) is 1.79. The van der Waals surface area contributed by atoms with Crippen molar-refractivity contribution in [3.05, 3.63) is 46.7 Å². The van der Waals surface area contributed by atoms with Crippen LogP contribution in [-0.2, 0) is 0 Å². The molecule has 0 unspecified atom stereocenters. The van der Waals surface area contributed by atoms with Gasteiger partial charge in [-0.15, -0.1) is 0 Å². The second-order valence-electron chi connectivity index (χ2n) is 3.77. The van der Waals surface area contributed by atoms with E-state index in [2.05, 4.69) is 0 Å². The van der Waals surface area contributed by atoms with Crippen LogP contribution in [0.1, 0.15) is 30.8 Å². The van der Waals surface area contributed by atoms with Crippen LogP contribution in [0.2, 0.25) is 5.02 Å². The van der Waals surface area contributed by atoms with Gasteiger partial charge in [0.2, 0.25) is 5.78 Å². The summed E-state index contributed by atoms with van der Waals surface area (Å²) in [5, 5.41) is 1.38. The van der Waals surface area contributed by atoms with Gasteiger partial charge in [0.25, 0.3) is 0 Å². The maximum Gasteiger partial charge on any atom is 0.223 e. The van der Waals surface area contributed by atoms with Crippen LogP contribution in [0.5, 0.6) is 0 Å². The first-order chi connectivity index (χ1) is 8.17. The molecule has 0 aliphatic heterocycles. The van der Waals surface area contributed by atoms with Crippen molar-refractivity contribution in [3.63, 3.8) is 0 Å². The number of halogens is 1. The largest absolute Gasteiger partial charge is 0.451 e. The maximum atomic E-state index is 12.1. The fraction of sp³-hybridized carbons (Fsp3) is 0.214. The van der Waals surface area contributed by atoms with E-state index in [1.165, 1.54) is 0 Å². The monoisotopic (exact) mass is 248 g/mol. The Balaban J connectivity index is 2.51. The first-order valence-corrected chi connectivity index (χ1v) is 5.93. The fourth-order valence-corrected chi connectivity index (χ4v) is 2.01. The molecule has 0 bridgehead atoms. The van der Waals surface area contributed by atoms with Gasteiger partial charge in [0, 0.05) is 5.39 Å². The van der Waals surface area contributed by atoms with E-state index < -0.39 is 0 Å². The number of furan rings is 1. The minimum Gasteiger partial charge on any atom is -0.451 e. The number of carbonyl (C=O) groups is 1. The van der Waals surface area contributed by atoms with E-state index >= 15 is 0 Å². The second kappa shape index (κ2) is 4.76. The van der Waals surface area contributed by atoms with Crippen LogP contribution in [-0.4, -0.2) is 5.78 Å². The van der Waals surface area contributed by atoms with E-state index in [0.717, 1.165) is 11.0 Å². The van der Waals surface area contributed by atoms with Crippen LogP contribution in [0.25, 0.3) is 11.0 Å². The third-order valence-corrected chi connectivity index (χ3v) is 3.04. The van der Waals surface area contributed by atoms with Gasteiger partial charge in [-0.05, 0) is 31.1 Å². The average Bonchev–Trinajstić information content (AvgIpc) is 2.76. The molecule has 3 heteroatoms. The summed E-state index contributed by atoms with van der Waals surface area (Å²) in [4.78, 5) is 12.1. The average molecular weight is 249 g/mol. The molecule has 0 aliphatic carbocycles. The minimum atomic E-state index is -0.0673. The van der Waals surface area contributed by atoms with Gasteiger partial charge in [-0.3, -0.25) is 4.79 Å². The van der Waals surface area contributed by atoms with E-state index in [1.807, 2.05) is 32.1 Å². The second-order valence-corrected chi connectivity index (χ2v) is 4.17. The third-order valence-electron chi connectivity index (χ3n) is 2.74. The van der Waals surface area contributed by atoms with Crippen LogP contribution >= 0.6 is 11.6 Å². The van der Waals surface area contributed by atoms with Crippen LogP contribution in [0.4, 0.5) is 0 Å². The lowest BCUT2D eigenvalue weighted by molar-refractivity contribution is 0.100. The summed E-state index contributed by atoms with van der Waals surface area (Å²) in [6, 6.07) is 7.20. The molecule has 0 fully saturated rings. The number of rotatable bonds is 3. The molecule has 0 atom stereocenters. The van der Waals surface area contributed by atoms with Gasteiger partial charge in [-0.25, -0.2) is 0 Å². The SMILES string of the molecule is C/C=C(/CC)C(=O)c1cc2cccc(Cl)c2o1. The molecular formula is C14H13ClO2. The van der Waals surface area contributed by atoms with E-state index in [0.29, 0.717) is 22.8 Å². The van der Waals surface area contributed by atoms with Crippen molar-refractivity contribution in [1.82, 2.24) is 0 Å². The molecule has 1 aromatic carbocycles. The summed E-state index contributed by atoms with van der Waals surface area (Å²) in [7, 11) is 0. The Labute approximate surface area is 105 Å². The minimum absolute atomic E-state index is 0.0673. The zero-order chi connectivity index (χ0) is 12.4. The number of Topliss-reactive ketones (excluding diaryl/α,β-unsaturated/α-hetero) is 1. The Hall–Kier alpha value is -1.54. The number of carbonyl (C=O) groups excluding carboxylic acids is 1. The van der Waals surface area contributed by atoms with E-state index in [4.69, 9.17) is 16.0 Å². The van der Waals surface area contributed by atoms with Gasteiger partial charge in [-0.1, -0.05) is 36.7 Å². The molecule has 1 heterocycles. The van der Waals surface area contributed by atoms with Crippen LogP contribution in [0.15, 0.2) is 40.3 Å². The number of hydrogen-bond donors (Lipinski definition) is 0. The lowest BCUT2D eigenvalue weighted by atomic mass is 10.1. The number of para-hydroxylation sites is 1. The van der Waals surface area contributed by atoms with E-state index in [1.54, 1.807) is 12.1 Å². The molecular weight excluding hydrogens is 236 g/mol. The number of fused-ring (bicyclic) bond motifs is 1. The van der Waals surface area contributed by atoms with Gasteiger partial charge in [-0.2, -0.15) is 0 Å². The Morgan fingerprint density at radius 3 is 2.82 bits per heavy atom. The molecule has 0 amide bonds. The predicted octanol–water partition coefficient (Wildman–Crippen LogP) is 4.63. The third kappa shape index (κ3) is 2.13. The van der Waals surface area contributed by atoms with Gasteiger partial charge < -0.3 is 4.42 Å². The molecule has 0 saturated heterocycles. The van der Waals surface area contributed by atoms with Crippen LogP contribution in [0.3, 0.4) is 0 Å².